The first-order valence-corrected chi connectivity index (χ1v) is 5.50. The minimum absolute atomic E-state index is 0.0897. The molecule has 2 aromatic rings. The first-order valence-electron chi connectivity index (χ1n) is 5.50. The van der Waals surface area contributed by atoms with Gasteiger partial charge in [-0.2, -0.15) is 18.3 Å². The fourth-order valence-corrected chi connectivity index (χ4v) is 1.57. The number of halogens is 3. The molecule has 0 saturated carbocycles. The van der Waals surface area contributed by atoms with Crippen LogP contribution in [0.3, 0.4) is 0 Å². The Kier molecular flexibility index (Phi) is 3.41. The summed E-state index contributed by atoms with van der Waals surface area (Å²) in [6.45, 7) is 1.88. The van der Waals surface area contributed by atoms with Crippen molar-refractivity contribution in [2.45, 2.75) is 19.6 Å². The van der Waals surface area contributed by atoms with Crippen molar-refractivity contribution in [3.8, 4) is 0 Å². The second kappa shape index (κ2) is 4.87. The molecule has 0 saturated heterocycles. The van der Waals surface area contributed by atoms with Gasteiger partial charge in [-0.05, 0) is 6.92 Å². The zero-order valence-electron chi connectivity index (χ0n) is 10.4. The molecule has 0 radical (unpaired) electrons. The minimum Gasteiger partial charge on any atom is -0.373 e. The van der Waals surface area contributed by atoms with E-state index < -0.39 is 11.7 Å². The van der Waals surface area contributed by atoms with Gasteiger partial charge in [-0.15, -0.1) is 0 Å². The maximum Gasteiger partial charge on any atom is 0.419 e. The van der Waals surface area contributed by atoms with Crippen LogP contribution in [-0.4, -0.2) is 26.8 Å². The third-order valence-electron chi connectivity index (χ3n) is 2.42. The normalized spacial score (nSPS) is 11.6. The van der Waals surface area contributed by atoms with Crippen molar-refractivity contribution in [2.75, 3.05) is 12.4 Å². The fourth-order valence-electron chi connectivity index (χ4n) is 1.57. The number of nitrogens with one attached hydrogen (secondary N) is 1. The lowest BCUT2D eigenvalue weighted by Crippen LogP contribution is -2.08. The lowest BCUT2D eigenvalue weighted by molar-refractivity contribution is -0.137. The molecule has 0 aliphatic rings. The average Bonchev–Trinajstić information content (AvgIpc) is 2.76. The van der Waals surface area contributed by atoms with E-state index in [-0.39, 0.29) is 6.54 Å². The van der Waals surface area contributed by atoms with E-state index >= 15 is 0 Å². The molecule has 2 aromatic heterocycles. The van der Waals surface area contributed by atoms with Gasteiger partial charge in [-0.3, -0.25) is 4.68 Å². The topological polar surface area (TPSA) is 55.6 Å². The highest BCUT2D eigenvalue weighted by Crippen LogP contribution is 2.28. The minimum atomic E-state index is -4.39. The van der Waals surface area contributed by atoms with Crippen LogP contribution in [0, 0.1) is 6.92 Å². The molecule has 0 amide bonds. The van der Waals surface area contributed by atoms with E-state index in [1.807, 2.05) is 0 Å². The molecule has 2 heterocycles. The van der Waals surface area contributed by atoms with Gasteiger partial charge in [0.25, 0.3) is 0 Å². The molecular formula is C11H12F3N5. The molecule has 0 spiro atoms. The standard InChI is InChI=1S/C11H12F3N5/c1-7-3-9(15-2)18-10(17-7)6-19-5-8(4-16-19)11(12,13)14/h3-5H,6H2,1-2H3,(H,15,17,18). The molecule has 8 heteroatoms. The zero-order chi connectivity index (χ0) is 14.0. The molecule has 0 bridgehead atoms. The number of alkyl halides is 3. The van der Waals surface area contributed by atoms with Crippen LogP contribution in [0.25, 0.3) is 0 Å². The second-order valence-electron chi connectivity index (χ2n) is 3.99. The van der Waals surface area contributed by atoms with Crippen molar-refractivity contribution in [1.82, 2.24) is 19.7 Å². The maximum absolute atomic E-state index is 12.4. The molecule has 19 heavy (non-hydrogen) atoms. The average molecular weight is 271 g/mol. The van der Waals surface area contributed by atoms with Crippen LogP contribution in [0.15, 0.2) is 18.5 Å². The van der Waals surface area contributed by atoms with Crippen LogP contribution in [0.4, 0.5) is 19.0 Å². The van der Waals surface area contributed by atoms with Crippen molar-refractivity contribution in [1.29, 1.82) is 0 Å². The van der Waals surface area contributed by atoms with Gasteiger partial charge >= 0.3 is 6.18 Å². The fraction of sp³-hybridized carbons (Fsp3) is 0.364. The van der Waals surface area contributed by atoms with E-state index in [1.54, 1.807) is 20.0 Å². The van der Waals surface area contributed by atoms with Crippen molar-refractivity contribution in [3.63, 3.8) is 0 Å². The molecule has 0 atom stereocenters. The Morgan fingerprint density at radius 3 is 2.63 bits per heavy atom. The number of anilines is 1. The van der Waals surface area contributed by atoms with Gasteiger partial charge < -0.3 is 5.32 Å². The Labute approximate surface area is 107 Å². The van der Waals surface area contributed by atoms with E-state index in [0.717, 1.165) is 22.8 Å². The number of rotatable bonds is 3. The Morgan fingerprint density at radius 1 is 1.32 bits per heavy atom. The van der Waals surface area contributed by atoms with Crippen LogP contribution in [0.2, 0.25) is 0 Å². The third kappa shape index (κ3) is 3.21. The Morgan fingerprint density at radius 2 is 2.05 bits per heavy atom. The van der Waals surface area contributed by atoms with Crippen LogP contribution >= 0.6 is 0 Å². The van der Waals surface area contributed by atoms with Gasteiger partial charge in [0.05, 0.1) is 11.8 Å². The molecule has 0 unspecified atom stereocenters. The third-order valence-corrected chi connectivity index (χ3v) is 2.42. The summed E-state index contributed by atoms with van der Waals surface area (Å²) in [7, 11) is 1.71. The van der Waals surface area contributed by atoms with E-state index in [9.17, 15) is 13.2 Å². The smallest absolute Gasteiger partial charge is 0.373 e. The molecule has 0 aliphatic carbocycles. The molecule has 0 fully saturated rings. The molecule has 0 aromatic carbocycles. The van der Waals surface area contributed by atoms with E-state index in [4.69, 9.17) is 0 Å². The van der Waals surface area contributed by atoms with Gasteiger partial charge in [0, 0.05) is 25.0 Å². The number of aryl methyl sites for hydroxylation is 1. The summed E-state index contributed by atoms with van der Waals surface area (Å²) >= 11 is 0. The van der Waals surface area contributed by atoms with Gasteiger partial charge in [0.15, 0.2) is 5.82 Å². The summed E-state index contributed by atoms with van der Waals surface area (Å²) in [5.74, 6) is 1.02. The SMILES string of the molecule is CNc1cc(C)nc(Cn2cc(C(F)(F)F)cn2)n1. The first-order chi connectivity index (χ1) is 8.88. The number of aromatic nitrogens is 4. The van der Waals surface area contributed by atoms with Gasteiger partial charge in [-0.25, -0.2) is 9.97 Å². The van der Waals surface area contributed by atoms with Crippen LogP contribution in [-0.2, 0) is 12.7 Å². The molecular weight excluding hydrogens is 259 g/mol. The largest absolute Gasteiger partial charge is 0.419 e. The van der Waals surface area contributed by atoms with E-state index in [1.165, 1.54) is 0 Å². The molecule has 1 N–H and O–H groups in total. The predicted molar refractivity (Wildman–Crippen MR) is 62.6 cm³/mol. The highest BCUT2D eigenvalue weighted by molar-refractivity contribution is 5.34. The molecule has 5 nitrogen and oxygen atoms in total. The molecule has 2 rings (SSSR count). The first kappa shape index (κ1) is 13.3. The number of hydrogen-bond acceptors (Lipinski definition) is 4. The van der Waals surface area contributed by atoms with Crippen LogP contribution in [0.5, 0.6) is 0 Å². The summed E-state index contributed by atoms with van der Waals surface area (Å²) in [6, 6.07) is 1.74. The Bertz CT molecular complexity index is 576. The summed E-state index contributed by atoms with van der Waals surface area (Å²) in [5.41, 5.74) is -0.0495. The number of hydrogen-bond donors (Lipinski definition) is 1. The van der Waals surface area contributed by atoms with Gasteiger partial charge in [0.1, 0.15) is 12.4 Å². The summed E-state index contributed by atoms with van der Waals surface area (Å²) in [5, 5.41) is 6.52. The van der Waals surface area contributed by atoms with Crippen LogP contribution < -0.4 is 5.32 Å². The van der Waals surface area contributed by atoms with Gasteiger partial charge in [0.2, 0.25) is 0 Å². The maximum atomic E-state index is 12.4. The highest BCUT2D eigenvalue weighted by Gasteiger charge is 2.32. The quantitative estimate of drug-likeness (QED) is 0.928. The summed E-state index contributed by atoms with van der Waals surface area (Å²) < 4.78 is 38.4. The van der Waals surface area contributed by atoms with E-state index in [2.05, 4.69) is 20.4 Å². The Hall–Kier alpha value is -2.12. The van der Waals surface area contributed by atoms with E-state index in [0.29, 0.717) is 11.6 Å². The van der Waals surface area contributed by atoms with Crippen molar-refractivity contribution in [2.24, 2.45) is 0 Å². The lowest BCUT2D eigenvalue weighted by atomic mass is 10.3. The summed E-state index contributed by atoms with van der Waals surface area (Å²) in [4.78, 5) is 8.31. The molecule has 0 aliphatic heterocycles. The van der Waals surface area contributed by atoms with Crippen molar-refractivity contribution >= 4 is 5.82 Å². The van der Waals surface area contributed by atoms with Crippen molar-refractivity contribution < 1.29 is 13.2 Å². The van der Waals surface area contributed by atoms with Crippen LogP contribution in [0.1, 0.15) is 17.1 Å². The highest BCUT2D eigenvalue weighted by atomic mass is 19.4. The van der Waals surface area contributed by atoms with Gasteiger partial charge in [-0.1, -0.05) is 0 Å². The summed E-state index contributed by atoms with van der Waals surface area (Å²) in [6.07, 6.45) is -2.67. The monoisotopic (exact) mass is 271 g/mol. The lowest BCUT2D eigenvalue weighted by Gasteiger charge is -2.05. The molecule has 102 valence electrons. The number of nitrogens with zero attached hydrogens (tertiary/aromatic N) is 4. The Balaban J connectivity index is 2.21. The second-order valence-corrected chi connectivity index (χ2v) is 3.99. The zero-order valence-corrected chi connectivity index (χ0v) is 10.4. The van der Waals surface area contributed by atoms with Crippen molar-refractivity contribution in [3.05, 3.63) is 35.5 Å². The predicted octanol–water partition coefficient (Wildman–Crippen LogP) is 2.09.